The van der Waals surface area contributed by atoms with Gasteiger partial charge in [0.2, 0.25) is 15.7 Å². The van der Waals surface area contributed by atoms with Crippen LogP contribution in [0, 0.1) is 13.8 Å². The highest BCUT2D eigenvalue weighted by Crippen LogP contribution is 2.47. The van der Waals surface area contributed by atoms with E-state index < -0.39 is 9.84 Å². The molecule has 1 unspecified atom stereocenters. The molecule has 0 saturated heterocycles. The molecule has 0 radical (unpaired) electrons. The molecule has 2 aromatic rings. The fourth-order valence-corrected chi connectivity index (χ4v) is 5.72. The molecule has 6 nitrogen and oxygen atoms in total. The standard InChI is InChI=1S/C19H22N2O4S/c1-5-13-8-14(10-22)26(24,25)18-11(3)7-15(12(4)17(13)18)16-9-20-21(6-2)19(16)23/h7,9,13,23H,5-6,8H2,1-4H3. The van der Waals surface area contributed by atoms with Crippen molar-refractivity contribution in [2.45, 2.75) is 57.9 Å². The van der Waals surface area contributed by atoms with E-state index in [-0.39, 0.29) is 28.0 Å². The van der Waals surface area contributed by atoms with Crippen molar-refractivity contribution >= 4 is 15.8 Å². The zero-order chi connectivity index (χ0) is 19.2. The molecule has 0 amide bonds. The smallest absolute Gasteiger partial charge is 0.217 e. The van der Waals surface area contributed by atoms with Gasteiger partial charge in [-0.05, 0) is 61.4 Å². The van der Waals surface area contributed by atoms with Gasteiger partial charge in [0.25, 0.3) is 0 Å². The summed E-state index contributed by atoms with van der Waals surface area (Å²) in [6.45, 7) is 7.98. The molecule has 26 heavy (non-hydrogen) atoms. The van der Waals surface area contributed by atoms with E-state index in [0.29, 0.717) is 24.1 Å². The highest BCUT2D eigenvalue weighted by molar-refractivity contribution is 7.95. The van der Waals surface area contributed by atoms with E-state index in [2.05, 4.69) is 5.10 Å². The predicted octanol–water partition coefficient (Wildman–Crippen LogP) is 3.28. The summed E-state index contributed by atoms with van der Waals surface area (Å²) in [6, 6.07) is 1.75. The fourth-order valence-electron chi connectivity index (χ4n) is 3.85. The maximum atomic E-state index is 12.9. The van der Waals surface area contributed by atoms with Gasteiger partial charge in [0.1, 0.15) is 10.8 Å². The average molecular weight is 374 g/mol. The Balaban J connectivity index is 2.37. The zero-order valence-electron chi connectivity index (χ0n) is 15.3. The van der Waals surface area contributed by atoms with Crippen LogP contribution in [0.5, 0.6) is 5.88 Å². The topological polar surface area (TPSA) is 89.3 Å². The first-order valence-electron chi connectivity index (χ1n) is 8.66. The number of fused-ring (bicyclic) bond motifs is 1. The summed E-state index contributed by atoms with van der Waals surface area (Å²) in [6.07, 6.45) is 2.47. The van der Waals surface area contributed by atoms with Gasteiger partial charge in [-0.3, -0.25) is 0 Å². The minimum absolute atomic E-state index is 0.0649. The van der Waals surface area contributed by atoms with E-state index in [0.717, 1.165) is 16.7 Å². The quantitative estimate of drug-likeness (QED) is 0.833. The number of sulfone groups is 1. The number of aromatic hydroxyl groups is 1. The molecule has 0 bridgehead atoms. The molecular weight excluding hydrogens is 352 g/mol. The van der Waals surface area contributed by atoms with Crippen molar-refractivity contribution in [2.24, 2.45) is 0 Å². The number of benzene rings is 1. The summed E-state index contributed by atoms with van der Waals surface area (Å²) in [5.41, 5.74) is 3.46. The summed E-state index contributed by atoms with van der Waals surface area (Å²) in [4.78, 5) is 11.3. The van der Waals surface area contributed by atoms with E-state index in [9.17, 15) is 18.3 Å². The van der Waals surface area contributed by atoms with Crippen molar-refractivity contribution in [3.63, 3.8) is 0 Å². The van der Waals surface area contributed by atoms with Crippen LogP contribution in [0.25, 0.3) is 11.1 Å². The molecule has 0 aliphatic carbocycles. The molecule has 1 aliphatic rings. The first-order chi connectivity index (χ1) is 12.3. The molecule has 0 fully saturated rings. The van der Waals surface area contributed by atoms with E-state index in [4.69, 9.17) is 0 Å². The lowest BCUT2D eigenvalue weighted by Gasteiger charge is -2.29. The van der Waals surface area contributed by atoms with Gasteiger partial charge in [-0.2, -0.15) is 5.10 Å². The third kappa shape index (κ3) is 2.50. The maximum Gasteiger partial charge on any atom is 0.217 e. The van der Waals surface area contributed by atoms with Gasteiger partial charge in [0.15, 0.2) is 0 Å². The van der Waals surface area contributed by atoms with Crippen LogP contribution in [0.2, 0.25) is 0 Å². The van der Waals surface area contributed by atoms with Crippen LogP contribution in [0.3, 0.4) is 0 Å². The molecule has 3 rings (SSSR count). The lowest BCUT2D eigenvalue weighted by Crippen LogP contribution is -2.21. The van der Waals surface area contributed by atoms with Crippen LogP contribution in [0.4, 0.5) is 0 Å². The molecule has 1 aliphatic heterocycles. The highest BCUT2D eigenvalue weighted by atomic mass is 32.2. The number of carbonyl (C=O) groups excluding carboxylic acids is 1. The van der Waals surface area contributed by atoms with Crippen molar-refractivity contribution in [2.75, 3.05) is 0 Å². The number of hydrogen-bond donors (Lipinski definition) is 1. The minimum atomic E-state index is -3.83. The van der Waals surface area contributed by atoms with Crippen LogP contribution in [0.15, 0.2) is 22.1 Å². The van der Waals surface area contributed by atoms with Gasteiger partial charge in [-0.15, -0.1) is 0 Å². The van der Waals surface area contributed by atoms with Gasteiger partial charge in [-0.25, -0.2) is 17.9 Å². The van der Waals surface area contributed by atoms with E-state index in [1.54, 1.807) is 25.1 Å². The van der Waals surface area contributed by atoms with Crippen LogP contribution >= 0.6 is 0 Å². The van der Waals surface area contributed by atoms with Gasteiger partial charge in [0.05, 0.1) is 16.7 Å². The normalized spacial score (nSPS) is 18.5. The van der Waals surface area contributed by atoms with Crippen molar-refractivity contribution in [3.05, 3.63) is 33.9 Å². The molecule has 1 aromatic carbocycles. The first kappa shape index (κ1) is 18.4. The fraction of sp³-hybridized carbons (Fsp3) is 0.421. The Hall–Kier alpha value is -2.37. The van der Waals surface area contributed by atoms with Crippen LogP contribution in [0.1, 0.15) is 49.3 Å². The average Bonchev–Trinajstić information content (AvgIpc) is 2.97. The van der Waals surface area contributed by atoms with Crippen LogP contribution < -0.4 is 0 Å². The third-order valence-corrected chi connectivity index (χ3v) is 7.19. The molecule has 0 spiro atoms. The Morgan fingerprint density at radius 1 is 1.31 bits per heavy atom. The Labute approximate surface area is 153 Å². The summed E-state index contributed by atoms with van der Waals surface area (Å²) in [5.74, 6) is 1.63. The van der Waals surface area contributed by atoms with Gasteiger partial charge >= 0.3 is 0 Å². The van der Waals surface area contributed by atoms with Crippen LogP contribution in [-0.4, -0.2) is 29.2 Å². The van der Waals surface area contributed by atoms with E-state index in [1.807, 2.05) is 20.8 Å². The minimum Gasteiger partial charge on any atom is -0.493 e. The second-order valence-electron chi connectivity index (χ2n) is 6.64. The molecular formula is C19H22N2O4S. The van der Waals surface area contributed by atoms with Gasteiger partial charge in [-0.1, -0.05) is 6.92 Å². The molecule has 1 aromatic heterocycles. The molecule has 2 heterocycles. The number of hydrogen-bond acceptors (Lipinski definition) is 5. The number of aromatic nitrogens is 2. The summed E-state index contributed by atoms with van der Waals surface area (Å²) >= 11 is 0. The van der Waals surface area contributed by atoms with Crippen LogP contribution in [-0.2, 0) is 21.2 Å². The van der Waals surface area contributed by atoms with Crippen molar-refractivity contribution in [1.29, 1.82) is 0 Å². The number of allylic oxidation sites excluding steroid dienone is 1. The molecule has 7 heteroatoms. The van der Waals surface area contributed by atoms with Crippen molar-refractivity contribution in [1.82, 2.24) is 9.78 Å². The van der Waals surface area contributed by atoms with E-state index >= 15 is 0 Å². The zero-order valence-corrected chi connectivity index (χ0v) is 16.1. The number of nitrogens with zero attached hydrogens (tertiary/aromatic N) is 2. The van der Waals surface area contributed by atoms with Crippen molar-refractivity contribution < 1.29 is 18.3 Å². The van der Waals surface area contributed by atoms with Gasteiger partial charge < -0.3 is 5.11 Å². The lowest BCUT2D eigenvalue weighted by atomic mass is 9.84. The molecule has 138 valence electrons. The van der Waals surface area contributed by atoms with Crippen molar-refractivity contribution in [3.8, 4) is 17.0 Å². The largest absolute Gasteiger partial charge is 0.493 e. The predicted molar refractivity (Wildman–Crippen MR) is 98.5 cm³/mol. The molecule has 1 N–H and O–H groups in total. The first-order valence-corrected chi connectivity index (χ1v) is 10.1. The third-order valence-electron chi connectivity index (χ3n) is 5.21. The highest BCUT2D eigenvalue weighted by Gasteiger charge is 2.38. The molecule has 1 atom stereocenters. The Morgan fingerprint density at radius 2 is 2.00 bits per heavy atom. The Morgan fingerprint density at radius 3 is 2.54 bits per heavy atom. The maximum absolute atomic E-state index is 12.9. The second kappa shape index (κ2) is 6.41. The lowest BCUT2D eigenvalue weighted by molar-refractivity contribution is 0.406. The van der Waals surface area contributed by atoms with Gasteiger partial charge in [0, 0.05) is 13.0 Å². The molecule has 0 saturated carbocycles. The monoisotopic (exact) mass is 374 g/mol. The second-order valence-corrected chi connectivity index (χ2v) is 8.55. The Bertz CT molecular complexity index is 1040. The number of rotatable bonds is 3. The SMILES string of the molecule is CCC1CC(=C=O)S(=O)(=O)c2c(C)cc(-c3cnn(CC)c3O)c(C)c21. The summed E-state index contributed by atoms with van der Waals surface area (Å²) < 4.78 is 27.2. The Kier molecular flexibility index (Phi) is 4.54. The number of aryl methyl sites for hydroxylation is 2. The summed E-state index contributed by atoms with van der Waals surface area (Å²) in [7, 11) is -3.83. The summed E-state index contributed by atoms with van der Waals surface area (Å²) in [5, 5.41) is 14.6. The van der Waals surface area contributed by atoms with E-state index in [1.165, 1.54) is 4.68 Å².